The fourth-order valence-corrected chi connectivity index (χ4v) is 4.05. The summed E-state index contributed by atoms with van der Waals surface area (Å²) in [4.78, 5) is 3.51. The minimum absolute atomic E-state index is 0.212. The van der Waals surface area contributed by atoms with Gasteiger partial charge in [-0.25, -0.2) is 0 Å². The minimum atomic E-state index is 0.212. The lowest BCUT2D eigenvalue weighted by Gasteiger charge is -2.38. The first kappa shape index (κ1) is 12.5. The van der Waals surface area contributed by atoms with E-state index in [9.17, 15) is 0 Å². The van der Waals surface area contributed by atoms with Crippen LogP contribution in [0.15, 0.2) is 36.7 Å². The first-order valence-corrected chi connectivity index (χ1v) is 7.47. The van der Waals surface area contributed by atoms with E-state index < -0.39 is 0 Å². The van der Waals surface area contributed by atoms with Gasteiger partial charge in [0.2, 0.25) is 5.69 Å². The van der Waals surface area contributed by atoms with E-state index >= 15 is 0 Å². The van der Waals surface area contributed by atoms with Gasteiger partial charge in [0, 0.05) is 36.9 Å². The van der Waals surface area contributed by atoms with E-state index in [1.54, 1.807) is 0 Å². The Morgan fingerprint density at radius 2 is 1.95 bits per heavy atom. The number of nitrogens with zero attached hydrogens (tertiary/aromatic N) is 1. The number of aromatic amines is 1. The van der Waals surface area contributed by atoms with Gasteiger partial charge in [0.05, 0.1) is 11.5 Å². The summed E-state index contributed by atoms with van der Waals surface area (Å²) in [5.74, 6) is 0.576. The molecule has 1 N–H and O–H groups in total. The average Bonchev–Trinajstić information content (AvgIpc) is 2.95. The van der Waals surface area contributed by atoms with Crippen molar-refractivity contribution in [3.63, 3.8) is 0 Å². The van der Waals surface area contributed by atoms with Crippen LogP contribution in [0.5, 0.6) is 0 Å². The Hall–Kier alpha value is -1.57. The van der Waals surface area contributed by atoms with Crippen LogP contribution in [0.4, 0.5) is 0 Å². The zero-order valence-corrected chi connectivity index (χ0v) is 12.1. The van der Waals surface area contributed by atoms with Gasteiger partial charge in [0.25, 0.3) is 0 Å². The van der Waals surface area contributed by atoms with E-state index in [2.05, 4.69) is 67.0 Å². The Kier molecular flexibility index (Phi) is 2.96. The van der Waals surface area contributed by atoms with Gasteiger partial charge >= 0.3 is 0 Å². The Bertz CT molecular complexity index is 578. The van der Waals surface area contributed by atoms with Crippen LogP contribution in [-0.2, 0) is 5.54 Å². The molecular weight excluding hydrogens is 232 g/mol. The molecule has 0 amide bonds. The normalized spacial score (nSPS) is 19.8. The van der Waals surface area contributed by atoms with E-state index in [1.807, 2.05) is 0 Å². The summed E-state index contributed by atoms with van der Waals surface area (Å²) in [6.45, 7) is 6.96. The van der Waals surface area contributed by atoms with Crippen LogP contribution in [0.2, 0.25) is 0 Å². The standard InChI is InChI=1S/C17H22N2/c1-4-14-16-13(10-11-18-16)15-9-7-8-12-19(15)17(14,5-2)6-3/h7-12,14H,4-6H2,1-3H3/p+1. The molecule has 2 aromatic heterocycles. The van der Waals surface area contributed by atoms with Crippen molar-refractivity contribution in [3.05, 3.63) is 42.4 Å². The number of hydrogen-bond acceptors (Lipinski definition) is 0. The highest BCUT2D eigenvalue weighted by molar-refractivity contribution is 5.62. The van der Waals surface area contributed by atoms with Crippen molar-refractivity contribution in [1.29, 1.82) is 0 Å². The van der Waals surface area contributed by atoms with Crippen LogP contribution >= 0.6 is 0 Å². The van der Waals surface area contributed by atoms with E-state index in [1.165, 1.54) is 36.2 Å². The minimum Gasteiger partial charge on any atom is -0.364 e. The van der Waals surface area contributed by atoms with Gasteiger partial charge in [-0.3, -0.25) is 0 Å². The summed E-state index contributed by atoms with van der Waals surface area (Å²) in [5, 5.41) is 0. The largest absolute Gasteiger partial charge is 0.364 e. The third kappa shape index (κ3) is 1.52. The van der Waals surface area contributed by atoms with Crippen LogP contribution in [-0.4, -0.2) is 4.98 Å². The molecular formula is C17H23N2+. The summed E-state index contributed by atoms with van der Waals surface area (Å²) in [7, 11) is 0. The van der Waals surface area contributed by atoms with Gasteiger partial charge < -0.3 is 4.98 Å². The van der Waals surface area contributed by atoms with Crippen molar-refractivity contribution in [2.75, 3.05) is 0 Å². The first-order chi connectivity index (χ1) is 9.28. The second kappa shape index (κ2) is 4.52. The summed E-state index contributed by atoms with van der Waals surface area (Å²) in [6.07, 6.45) is 7.87. The molecule has 3 rings (SSSR count). The molecule has 100 valence electrons. The van der Waals surface area contributed by atoms with Crippen LogP contribution < -0.4 is 4.57 Å². The van der Waals surface area contributed by atoms with Crippen LogP contribution in [0.3, 0.4) is 0 Å². The first-order valence-electron chi connectivity index (χ1n) is 7.47. The highest BCUT2D eigenvalue weighted by Crippen LogP contribution is 2.45. The van der Waals surface area contributed by atoms with Gasteiger partial charge in [-0.1, -0.05) is 20.8 Å². The molecule has 1 atom stereocenters. The van der Waals surface area contributed by atoms with Gasteiger partial charge in [0.15, 0.2) is 11.7 Å². The second-order valence-corrected chi connectivity index (χ2v) is 5.53. The molecule has 2 aromatic rings. The number of hydrogen-bond donors (Lipinski definition) is 1. The Morgan fingerprint density at radius 1 is 1.16 bits per heavy atom. The highest BCUT2D eigenvalue weighted by atomic mass is 15.1. The third-order valence-electron chi connectivity index (χ3n) is 5.02. The maximum Gasteiger partial charge on any atom is 0.214 e. The molecule has 1 aliphatic rings. The van der Waals surface area contributed by atoms with E-state index in [-0.39, 0.29) is 5.54 Å². The summed E-state index contributed by atoms with van der Waals surface area (Å²) in [5.41, 5.74) is 4.37. The fourth-order valence-electron chi connectivity index (χ4n) is 4.05. The third-order valence-corrected chi connectivity index (χ3v) is 5.02. The molecule has 1 aliphatic heterocycles. The Balaban J connectivity index is 2.33. The average molecular weight is 255 g/mol. The van der Waals surface area contributed by atoms with Gasteiger partial charge in [-0.15, -0.1) is 0 Å². The molecule has 2 heteroatoms. The van der Waals surface area contributed by atoms with E-state index in [4.69, 9.17) is 0 Å². The smallest absolute Gasteiger partial charge is 0.214 e. The van der Waals surface area contributed by atoms with Crippen molar-refractivity contribution in [1.82, 2.24) is 4.98 Å². The monoisotopic (exact) mass is 255 g/mol. The predicted octanol–water partition coefficient (Wildman–Crippen LogP) is 3.99. The van der Waals surface area contributed by atoms with Crippen molar-refractivity contribution in [2.24, 2.45) is 0 Å². The van der Waals surface area contributed by atoms with Gasteiger partial charge in [-0.05, 0) is 18.6 Å². The molecule has 3 heterocycles. The molecule has 0 saturated heterocycles. The summed E-state index contributed by atoms with van der Waals surface area (Å²) < 4.78 is 2.53. The molecule has 0 saturated carbocycles. The van der Waals surface area contributed by atoms with Gasteiger partial charge in [0.1, 0.15) is 0 Å². The van der Waals surface area contributed by atoms with E-state index in [0.717, 1.165) is 0 Å². The molecule has 0 aliphatic carbocycles. The van der Waals surface area contributed by atoms with Crippen molar-refractivity contribution in [2.45, 2.75) is 51.5 Å². The SMILES string of the molecule is CCC1c2[nH]ccc2-c2cccc[n+]2C1(CC)CC. The highest BCUT2D eigenvalue weighted by Gasteiger charge is 2.50. The predicted molar refractivity (Wildman–Crippen MR) is 78.0 cm³/mol. The molecule has 19 heavy (non-hydrogen) atoms. The number of rotatable bonds is 3. The van der Waals surface area contributed by atoms with Gasteiger partial charge in [-0.2, -0.15) is 4.57 Å². The van der Waals surface area contributed by atoms with Crippen LogP contribution in [0.1, 0.15) is 51.6 Å². The molecule has 2 nitrogen and oxygen atoms in total. The Labute approximate surface area is 115 Å². The summed E-state index contributed by atoms with van der Waals surface area (Å²) in [6, 6.07) is 8.77. The van der Waals surface area contributed by atoms with Crippen molar-refractivity contribution in [3.8, 4) is 11.3 Å². The maximum atomic E-state index is 3.51. The number of aromatic nitrogens is 2. The molecule has 1 unspecified atom stereocenters. The van der Waals surface area contributed by atoms with Crippen molar-refractivity contribution < 1.29 is 4.57 Å². The lowest BCUT2D eigenvalue weighted by molar-refractivity contribution is -0.763. The lowest BCUT2D eigenvalue weighted by Crippen LogP contribution is -2.62. The van der Waals surface area contributed by atoms with Crippen molar-refractivity contribution >= 4 is 0 Å². The second-order valence-electron chi connectivity index (χ2n) is 5.53. The molecule has 0 bridgehead atoms. The quantitative estimate of drug-likeness (QED) is 0.800. The number of pyridine rings is 1. The topological polar surface area (TPSA) is 19.7 Å². The number of fused-ring (bicyclic) bond motifs is 3. The Morgan fingerprint density at radius 3 is 2.63 bits per heavy atom. The molecule has 0 fully saturated rings. The summed E-state index contributed by atoms with van der Waals surface area (Å²) >= 11 is 0. The fraction of sp³-hybridized carbons (Fsp3) is 0.471. The number of nitrogens with one attached hydrogen (secondary N) is 1. The number of H-pyrrole nitrogens is 1. The van der Waals surface area contributed by atoms with Crippen LogP contribution in [0.25, 0.3) is 11.3 Å². The maximum absolute atomic E-state index is 3.51. The van der Waals surface area contributed by atoms with E-state index in [0.29, 0.717) is 5.92 Å². The lowest BCUT2D eigenvalue weighted by atomic mass is 9.72. The molecule has 0 aromatic carbocycles. The van der Waals surface area contributed by atoms with Crippen LogP contribution in [0, 0.1) is 0 Å². The molecule has 0 radical (unpaired) electrons. The zero-order chi connectivity index (χ0) is 13.5. The zero-order valence-electron chi connectivity index (χ0n) is 12.1. The molecule has 0 spiro atoms.